The summed E-state index contributed by atoms with van der Waals surface area (Å²) in [6.45, 7) is 7.54. The largest absolute Gasteiger partial charge is 0.366 e. The van der Waals surface area contributed by atoms with Crippen LogP contribution in [0.15, 0.2) is 54.6 Å². The third-order valence-electron chi connectivity index (χ3n) is 5.46. The molecule has 30 heavy (non-hydrogen) atoms. The zero-order valence-electron chi connectivity index (χ0n) is 17.3. The fraction of sp³-hybridized carbons (Fsp3) is 0.304. The normalized spacial score (nSPS) is 14.7. The van der Waals surface area contributed by atoms with Crippen LogP contribution in [0.1, 0.15) is 11.4 Å². The Morgan fingerprint density at radius 2 is 1.67 bits per heavy atom. The third kappa shape index (κ3) is 4.21. The van der Waals surface area contributed by atoms with Crippen LogP contribution in [-0.2, 0) is 4.79 Å². The van der Waals surface area contributed by atoms with Gasteiger partial charge in [0.2, 0.25) is 5.91 Å². The van der Waals surface area contributed by atoms with Gasteiger partial charge in [-0.25, -0.2) is 9.07 Å². The van der Waals surface area contributed by atoms with Crippen molar-refractivity contribution in [1.29, 1.82) is 0 Å². The summed E-state index contributed by atoms with van der Waals surface area (Å²) in [7, 11) is 0. The maximum atomic E-state index is 13.7. The number of piperazine rings is 1. The van der Waals surface area contributed by atoms with Gasteiger partial charge in [-0.3, -0.25) is 9.69 Å². The minimum absolute atomic E-state index is 0.196. The van der Waals surface area contributed by atoms with E-state index >= 15 is 0 Å². The number of amides is 1. The third-order valence-corrected chi connectivity index (χ3v) is 5.46. The van der Waals surface area contributed by atoms with Crippen LogP contribution < -0.4 is 10.2 Å². The summed E-state index contributed by atoms with van der Waals surface area (Å²) in [5.41, 5.74) is 4.55. The van der Waals surface area contributed by atoms with E-state index in [1.165, 1.54) is 6.07 Å². The van der Waals surface area contributed by atoms with E-state index in [1.54, 1.807) is 18.2 Å². The van der Waals surface area contributed by atoms with Gasteiger partial charge in [-0.05, 0) is 38.1 Å². The van der Waals surface area contributed by atoms with Crippen LogP contribution in [0.25, 0.3) is 5.69 Å². The molecule has 6 nitrogen and oxygen atoms in total. The zero-order valence-corrected chi connectivity index (χ0v) is 17.3. The molecule has 1 saturated heterocycles. The van der Waals surface area contributed by atoms with Gasteiger partial charge in [0.05, 0.1) is 35.0 Å². The molecule has 0 spiro atoms. The van der Waals surface area contributed by atoms with Crippen molar-refractivity contribution in [3.05, 3.63) is 71.8 Å². The molecule has 4 rings (SSSR count). The highest BCUT2D eigenvalue weighted by molar-refractivity contribution is 5.92. The zero-order chi connectivity index (χ0) is 21.1. The van der Waals surface area contributed by atoms with Gasteiger partial charge in [-0.2, -0.15) is 5.10 Å². The molecule has 1 aromatic heterocycles. The molecule has 0 saturated carbocycles. The average molecular weight is 407 g/mol. The summed E-state index contributed by atoms with van der Waals surface area (Å²) in [6, 6.07) is 16.3. The van der Waals surface area contributed by atoms with Crippen LogP contribution in [-0.4, -0.2) is 53.3 Å². The van der Waals surface area contributed by atoms with E-state index in [-0.39, 0.29) is 18.1 Å². The summed E-state index contributed by atoms with van der Waals surface area (Å²) in [5, 5.41) is 7.40. The number of benzene rings is 2. The van der Waals surface area contributed by atoms with E-state index in [9.17, 15) is 9.18 Å². The molecule has 7 heteroatoms. The van der Waals surface area contributed by atoms with Gasteiger partial charge in [0.1, 0.15) is 5.82 Å². The fourth-order valence-corrected chi connectivity index (χ4v) is 4.00. The van der Waals surface area contributed by atoms with Crippen LogP contribution in [0, 0.1) is 19.7 Å². The number of aromatic nitrogens is 2. The number of nitrogens with one attached hydrogen (secondary N) is 1. The standard InChI is InChI=1S/C23H26FN5O/c1-17-23(18(2)29(26-17)19-8-4-3-5-9-19)28-14-12-27(13-15-28)16-22(30)25-21-11-7-6-10-20(21)24/h3-11H,12-16H2,1-2H3,(H,25,30). The van der Waals surface area contributed by atoms with Crippen molar-refractivity contribution in [3.63, 3.8) is 0 Å². The highest BCUT2D eigenvalue weighted by Gasteiger charge is 2.24. The number of carbonyl (C=O) groups excluding carboxylic acids is 1. The molecule has 1 aliphatic rings. The maximum Gasteiger partial charge on any atom is 0.238 e. The quantitative estimate of drug-likeness (QED) is 0.705. The highest BCUT2D eigenvalue weighted by atomic mass is 19.1. The predicted molar refractivity (Wildman–Crippen MR) is 117 cm³/mol. The molecule has 156 valence electrons. The van der Waals surface area contributed by atoms with Crippen LogP contribution in [0.5, 0.6) is 0 Å². The number of carbonyl (C=O) groups is 1. The smallest absolute Gasteiger partial charge is 0.238 e. The lowest BCUT2D eigenvalue weighted by molar-refractivity contribution is -0.117. The van der Waals surface area contributed by atoms with Gasteiger partial charge in [-0.1, -0.05) is 30.3 Å². The Balaban J connectivity index is 1.38. The Hall–Kier alpha value is -3.19. The van der Waals surface area contributed by atoms with Crippen molar-refractivity contribution in [2.75, 3.05) is 42.9 Å². The predicted octanol–water partition coefficient (Wildman–Crippen LogP) is 3.39. The van der Waals surface area contributed by atoms with E-state index in [4.69, 9.17) is 5.10 Å². The minimum atomic E-state index is -0.419. The lowest BCUT2D eigenvalue weighted by atomic mass is 10.2. The summed E-state index contributed by atoms with van der Waals surface area (Å²) in [4.78, 5) is 16.7. The van der Waals surface area contributed by atoms with E-state index in [1.807, 2.05) is 29.8 Å². The molecular weight excluding hydrogens is 381 g/mol. The molecule has 0 aliphatic carbocycles. The fourth-order valence-electron chi connectivity index (χ4n) is 4.00. The number of rotatable bonds is 5. The lowest BCUT2D eigenvalue weighted by Crippen LogP contribution is -2.49. The topological polar surface area (TPSA) is 53.4 Å². The molecule has 2 aromatic carbocycles. The van der Waals surface area contributed by atoms with E-state index < -0.39 is 5.82 Å². The van der Waals surface area contributed by atoms with E-state index in [0.717, 1.165) is 48.9 Å². The number of aryl methyl sites for hydroxylation is 1. The van der Waals surface area contributed by atoms with Crippen molar-refractivity contribution in [2.45, 2.75) is 13.8 Å². The minimum Gasteiger partial charge on any atom is -0.366 e. The van der Waals surface area contributed by atoms with E-state index in [0.29, 0.717) is 0 Å². The SMILES string of the molecule is Cc1nn(-c2ccccc2)c(C)c1N1CCN(CC(=O)Nc2ccccc2F)CC1. The van der Waals surface area contributed by atoms with Gasteiger partial charge in [-0.15, -0.1) is 0 Å². The highest BCUT2D eigenvalue weighted by Crippen LogP contribution is 2.27. The first-order valence-corrected chi connectivity index (χ1v) is 10.2. The summed E-state index contributed by atoms with van der Waals surface area (Å²) < 4.78 is 15.7. The molecule has 1 N–H and O–H groups in total. The molecule has 1 amide bonds. The summed E-state index contributed by atoms with van der Waals surface area (Å²) >= 11 is 0. The van der Waals surface area contributed by atoms with Crippen molar-refractivity contribution in [3.8, 4) is 5.69 Å². The molecule has 0 radical (unpaired) electrons. The second-order valence-electron chi connectivity index (χ2n) is 7.56. The molecular formula is C23H26FN5O. The molecule has 3 aromatic rings. The van der Waals surface area contributed by atoms with Crippen LogP contribution in [0.2, 0.25) is 0 Å². The Labute approximate surface area is 175 Å². The summed E-state index contributed by atoms with van der Waals surface area (Å²) in [5.74, 6) is -0.616. The summed E-state index contributed by atoms with van der Waals surface area (Å²) in [6.07, 6.45) is 0. The van der Waals surface area contributed by atoms with Gasteiger partial charge >= 0.3 is 0 Å². The second-order valence-corrected chi connectivity index (χ2v) is 7.56. The molecule has 1 aliphatic heterocycles. The Morgan fingerprint density at radius 1 is 1.00 bits per heavy atom. The molecule has 0 unspecified atom stereocenters. The first-order chi connectivity index (χ1) is 14.5. The number of anilines is 2. The average Bonchev–Trinajstić information content (AvgIpc) is 3.05. The Morgan fingerprint density at radius 3 is 2.37 bits per heavy atom. The Kier molecular flexibility index (Phi) is 5.81. The molecule has 0 atom stereocenters. The second kappa shape index (κ2) is 8.67. The van der Waals surface area contributed by atoms with Gasteiger partial charge in [0.25, 0.3) is 0 Å². The van der Waals surface area contributed by atoms with Gasteiger partial charge in [0, 0.05) is 26.2 Å². The van der Waals surface area contributed by atoms with Crippen LogP contribution >= 0.6 is 0 Å². The molecule has 1 fully saturated rings. The monoisotopic (exact) mass is 407 g/mol. The first kappa shape index (κ1) is 20.1. The van der Waals surface area contributed by atoms with Crippen LogP contribution in [0.4, 0.5) is 15.8 Å². The van der Waals surface area contributed by atoms with Crippen molar-refractivity contribution >= 4 is 17.3 Å². The number of para-hydroxylation sites is 2. The first-order valence-electron chi connectivity index (χ1n) is 10.2. The number of hydrogen-bond acceptors (Lipinski definition) is 4. The Bertz CT molecular complexity index is 1030. The molecule has 2 heterocycles. The maximum absolute atomic E-state index is 13.7. The van der Waals surface area contributed by atoms with Crippen molar-refractivity contribution < 1.29 is 9.18 Å². The van der Waals surface area contributed by atoms with Crippen LogP contribution in [0.3, 0.4) is 0 Å². The van der Waals surface area contributed by atoms with Gasteiger partial charge < -0.3 is 10.2 Å². The van der Waals surface area contributed by atoms with Gasteiger partial charge in [0.15, 0.2) is 0 Å². The van der Waals surface area contributed by atoms with Crippen molar-refractivity contribution in [1.82, 2.24) is 14.7 Å². The number of hydrogen-bond donors (Lipinski definition) is 1. The van der Waals surface area contributed by atoms with Crippen molar-refractivity contribution in [2.24, 2.45) is 0 Å². The lowest BCUT2D eigenvalue weighted by Gasteiger charge is -2.35. The number of nitrogens with zero attached hydrogens (tertiary/aromatic N) is 4. The molecule has 0 bridgehead atoms. The number of halogens is 1. The van der Waals surface area contributed by atoms with E-state index in [2.05, 4.69) is 34.2 Å².